The maximum absolute atomic E-state index is 12.8. The number of hydrogen-bond donors (Lipinski definition) is 0. The van der Waals surface area contributed by atoms with E-state index in [0.717, 1.165) is 9.87 Å². The number of aryl methyl sites for hydroxylation is 2. The molecule has 0 aliphatic heterocycles. The van der Waals surface area contributed by atoms with Gasteiger partial charge in [-0.25, -0.2) is 0 Å². The summed E-state index contributed by atoms with van der Waals surface area (Å²) in [5.41, 5.74) is 1.37. The molecule has 2 rings (SSSR count). The minimum absolute atomic E-state index is 0.120. The first-order valence-electron chi connectivity index (χ1n) is 7.09. The quantitative estimate of drug-likeness (QED) is 0.746. The molecule has 124 valence electrons. The number of nitrogens with zero attached hydrogens (tertiary/aromatic N) is 3. The Labute approximate surface area is 135 Å². The van der Waals surface area contributed by atoms with Gasteiger partial charge in [0.05, 0.1) is 12.3 Å². The SMILES string of the molecule is CCOC(=O)CN(c1ccc(C)cc1)S(=O)(=O)c1ccn(C)n1. The summed E-state index contributed by atoms with van der Waals surface area (Å²) in [6.07, 6.45) is 1.53. The highest BCUT2D eigenvalue weighted by atomic mass is 32.2. The highest BCUT2D eigenvalue weighted by Gasteiger charge is 2.29. The predicted molar refractivity (Wildman–Crippen MR) is 85.6 cm³/mol. The van der Waals surface area contributed by atoms with Crippen molar-refractivity contribution in [1.82, 2.24) is 9.78 Å². The van der Waals surface area contributed by atoms with Gasteiger partial charge in [-0.2, -0.15) is 13.5 Å². The van der Waals surface area contributed by atoms with Crippen LogP contribution in [0.1, 0.15) is 12.5 Å². The largest absolute Gasteiger partial charge is 0.465 e. The molecular formula is C15H19N3O4S. The number of sulfonamides is 1. The Morgan fingerprint density at radius 2 is 1.91 bits per heavy atom. The minimum atomic E-state index is -3.96. The molecule has 1 aromatic carbocycles. The fraction of sp³-hybridized carbons (Fsp3) is 0.333. The summed E-state index contributed by atoms with van der Waals surface area (Å²) in [6.45, 7) is 3.34. The summed E-state index contributed by atoms with van der Waals surface area (Å²) in [5.74, 6) is -0.618. The fourth-order valence-corrected chi connectivity index (χ4v) is 3.36. The number of carbonyl (C=O) groups excluding carboxylic acids is 1. The second-order valence-corrected chi connectivity index (χ2v) is 6.79. The molecule has 0 N–H and O–H groups in total. The van der Waals surface area contributed by atoms with Crippen LogP contribution < -0.4 is 4.31 Å². The number of carbonyl (C=O) groups is 1. The lowest BCUT2D eigenvalue weighted by atomic mass is 10.2. The van der Waals surface area contributed by atoms with Gasteiger partial charge in [0, 0.05) is 13.2 Å². The van der Waals surface area contributed by atoms with Crippen molar-refractivity contribution >= 4 is 21.7 Å². The number of hydrogen-bond acceptors (Lipinski definition) is 5. The van der Waals surface area contributed by atoms with Crippen LogP contribution in [0.3, 0.4) is 0 Å². The summed E-state index contributed by atoms with van der Waals surface area (Å²) in [4.78, 5) is 11.8. The molecule has 0 amide bonds. The van der Waals surface area contributed by atoms with E-state index in [4.69, 9.17) is 4.74 Å². The van der Waals surface area contributed by atoms with Crippen LogP contribution >= 0.6 is 0 Å². The zero-order valence-electron chi connectivity index (χ0n) is 13.3. The zero-order valence-corrected chi connectivity index (χ0v) is 14.1. The maximum Gasteiger partial charge on any atom is 0.326 e. The molecule has 2 aromatic rings. The number of esters is 1. The molecule has 0 atom stereocenters. The highest BCUT2D eigenvalue weighted by molar-refractivity contribution is 7.92. The molecule has 0 aliphatic carbocycles. The van der Waals surface area contributed by atoms with Crippen molar-refractivity contribution in [2.24, 2.45) is 7.05 Å². The number of benzene rings is 1. The van der Waals surface area contributed by atoms with Crippen molar-refractivity contribution in [3.8, 4) is 0 Å². The van der Waals surface area contributed by atoms with E-state index >= 15 is 0 Å². The molecule has 0 spiro atoms. The molecule has 0 unspecified atom stereocenters. The van der Waals surface area contributed by atoms with E-state index < -0.39 is 22.5 Å². The first-order valence-corrected chi connectivity index (χ1v) is 8.53. The number of aromatic nitrogens is 2. The van der Waals surface area contributed by atoms with Crippen molar-refractivity contribution in [3.63, 3.8) is 0 Å². The molecule has 1 heterocycles. The maximum atomic E-state index is 12.8. The van der Waals surface area contributed by atoms with E-state index in [-0.39, 0.29) is 11.6 Å². The summed E-state index contributed by atoms with van der Waals surface area (Å²) >= 11 is 0. The van der Waals surface area contributed by atoms with Crippen LogP contribution in [0.4, 0.5) is 5.69 Å². The second kappa shape index (κ2) is 6.82. The first-order chi connectivity index (χ1) is 10.8. The van der Waals surface area contributed by atoms with Crippen LogP contribution in [0, 0.1) is 6.92 Å². The topological polar surface area (TPSA) is 81.5 Å². The normalized spacial score (nSPS) is 11.3. The van der Waals surface area contributed by atoms with E-state index in [9.17, 15) is 13.2 Å². The molecular weight excluding hydrogens is 318 g/mol. The van der Waals surface area contributed by atoms with E-state index in [1.165, 1.54) is 16.9 Å². The predicted octanol–water partition coefficient (Wildman–Crippen LogP) is 1.49. The van der Waals surface area contributed by atoms with Gasteiger partial charge in [0.2, 0.25) is 0 Å². The zero-order chi connectivity index (χ0) is 17.0. The van der Waals surface area contributed by atoms with Gasteiger partial charge in [-0.05, 0) is 32.0 Å². The molecule has 0 saturated heterocycles. The lowest BCUT2D eigenvalue weighted by Crippen LogP contribution is -2.36. The van der Waals surface area contributed by atoms with Crippen LogP contribution in [0.25, 0.3) is 0 Å². The number of ether oxygens (including phenoxy) is 1. The Hall–Kier alpha value is -2.35. The van der Waals surface area contributed by atoms with Gasteiger partial charge in [-0.15, -0.1) is 0 Å². The van der Waals surface area contributed by atoms with Crippen LogP contribution in [0.15, 0.2) is 41.6 Å². The monoisotopic (exact) mass is 337 g/mol. The molecule has 0 fully saturated rings. The smallest absolute Gasteiger partial charge is 0.326 e. The third kappa shape index (κ3) is 3.89. The van der Waals surface area contributed by atoms with Crippen LogP contribution in [0.2, 0.25) is 0 Å². The van der Waals surface area contributed by atoms with E-state index in [1.54, 1.807) is 38.2 Å². The average Bonchev–Trinajstić information content (AvgIpc) is 2.93. The molecule has 1 aromatic heterocycles. The highest BCUT2D eigenvalue weighted by Crippen LogP contribution is 2.23. The number of rotatable bonds is 6. The summed E-state index contributed by atoms with van der Waals surface area (Å²) in [7, 11) is -2.33. The van der Waals surface area contributed by atoms with Crippen LogP contribution in [0.5, 0.6) is 0 Å². The third-order valence-electron chi connectivity index (χ3n) is 3.14. The Morgan fingerprint density at radius 1 is 1.26 bits per heavy atom. The standard InChI is InChI=1S/C15H19N3O4S/c1-4-22-15(19)11-18(13-7-5-12(2)6-8-13)23(20,21)14-9-10-17(3)16-14/h5-10H,4,11H2,1-3H3. The molecule has 0 aliphatic rings. The van der Waals surface area contributed by atoms with Crippen molar-refractivity contribution in [2.75, 3.05) is 17.5 Å². The molecule has 8 heteroatoms. The van der Waals surface area contributed by atoms with Gasteiger partial charge in [-0.1, -0.05) is 17.7 Å². The lowest BCUT2D eigenvalue weighted by Gasteiger charge is -2.22. The van der Waals surface area contributed by atoms with Crippen molar-refractivity contribution < 1.29 is 17.9 Å². The Morgan fingerprint density at radius 3 is 2.43 bits per heavy atom. The summed E-state index contributed by atoms with van der Waals surface area (Å²) in [6, 6.07) is 8.24. The Bertz CT molecular complexity index is 781. The summed E-state index contributed by atoms with van der Waals surface area (Å²) < 4.78 is 32.9. The van der Waals surface area contributed by atoms with Gasteiger partial charge in [-0.3, -0.25) is 13.8 Å². The number of anilines is 1. The summed E-state index contributed by atoms with van der Waals surface area (Å²) in [5, 5.41) is 3.81. The molecule has 7 nitrogen and oxygen atoms in total. The van der Waals surface area contributed by atoms with Crippen LogP contribution in [-0.4, -0.2) is 37.3 Å². The molecule has 0 radical (unpaired) electrons. The first kappa shape index (κ1) is 17.0. The van der Waals surface area contributed by atoms with E-state index in [0.29, 0.717) is 5.69 Å². The van der Waals surface area contributed by atoms with Gasteiger partial charge in [0.25, 0.3) is 10.0 Å². The molecule has 0 saturated carbocycles. The van der Waals surface area contributed by atoms with Gasteiger partial charge in [0.1, 0.15) is 6.54 Å². The van der Waals surface area contributed by atoms with E-state index in [2.05, 4.69) is 5.10 Å². The second-order valence-electron chi connectivity index (χ2n) is 4.98. The lowest BCUT2D eigenvalue weighted by molar-refractivity contribution is -0.141. The van der Waals surface area contributed by atoms with E-state index in [1.807, 2.05) is 6.92 Å². The van der Waals surface area contributed by atoms with Crippen molar-refractivity contribution in [1.29, 1.82) is 0 Å². The molecule has 23 heavy (non-hydrogen) atoms. The average molecular weight is 337 g/mol. The van der Waals surface area contributed by atoms with Crippen molar-refractivity contribution in [2.45, 2.75) is 18.9 Å². The van der Waals surface area contributed by atoms with Gasteiger partial charge >= 0.3 is 5.97 Å². The van der Waals surface area contributed by atoms with Crippen LogP contribution in [-0.2, 0) is 26.6 Å². The van der Waals surface area contributed by atoms with Gasteiger partial charge in [0.15, 0.2) is 5.03 Å². The minimum Gasteiger partial charge on any atom is -0.465 e. The Kier molecular flexibility index (Phi) is 5.05. The third-order valence-corrected chi connectivity index (χ3v) is 4.81. The Balaban J connectivity index is 2.44. The van der Waals surface area contributed by atoms with Gasteiger partial charge < -0.3 is 4.74 Å². The fourth-order valence-electron chi connectivity index (χ4n) is 1.99. The van der Waals surface area contributed by atoms with Crippen molar-refractivity contribution in [3.05, 3.63) is 42.1 Å². The molecule has 0 bridgehead atoms.